The third-order valence-electron chi connectivity index (χ3n) is 5.69. The number of aliphatic hydroxyl groups is 1. The molecule has 3 aromatic heterocycles. The number of imidazole rings is 2. The van der Waals surface area contributed by atoms with Crippen molar-refractivity contribution in [1.82, 2.24) is 23.1 Å². The lowest BCUT2D eigenvalue weighted by atomic mass is 10.2. The molecular formula is C21H25N5O5. The summed E-state index contributed by atoms with van der Waals surface area (Å²) in [4.78, 5) is 30.7. The number of ether oxygens (including phenoxy) is 2. The number of fused-ring (bicyclic) bond motifs is 3. The van der Waals surface area contributed by atoms with Crippen molar-refractivity contribution in [3.63, 3.8) is 0 Å². The van der Waals surface area contributed by atoms with E-state index in [0.29, 0.717) is 40.5 Å². The van der Waals surface area contributed by atoms with Gasteiger partial charge in [-0.3, -0.25) is 22.9 Å². The summed E-state index contributed by atoms with van der Waals surface area (Å²) in [6.07, 6.45) is 0.308. The number of hydrogen-bond acceptors (Lipinski definition) is 6. The van der Waals surface area contributed by atoms with E-state index in [1.807, 2.05) is 24.5 Å². The van der Waals surface area contributed by atoms with Crippen LogP contribution in [0.5, 0.6) is 11.5 Å². The molecule has 0 unspecified atom stereocenters. The fourth-order valence-electron chi connectivity index (χ4n) is 3.94. The van der Waals surface area contributed by atoms with Gasteiger partial charge in [-0.15, -0.1) is 0 Å². The molecule has 10 nitrogen and oxygen atoms in total. The summed E-state index contributed by atoms with van der Waals surface area (Å²) in [5, 5.41) is 9.16. The monoisotopic (exact) mass is 427 g/mol. The SMILES string of the molecule is COc1ccc(OC)c(-n2c(C)c(C)n3c4c(=O)n(CCCO)c(=O)n(C)c4nc23)c1. The van der Waals surface area contributed by atoms with Crippen LogP contribution in [-0.4, -0.2) is 49.0 Å². The minimum absolute atomic E-state index is 0.112. The maximum absolute atomic E-state index is 13.3. The van der Waals surface area contributed by atoms with Gasteiger partial charge in [-0.05, 0) is 32.4 Å². The molecule has 4 rings (SSSR count). The van der Waals surface area contributed by atoms with E-state index in [2.05, 4.69) is 4.98 Å². The number of hydrogen-bond donors (Lipinski definition) is 1. The Labute approximate surface area is 177 Å². The lowest BCUT2D eigenvalue weighted by Crippen LogP contribution is -2.39. The van der Waals surface area contributed by atoms with Gasteiger partial charge in [0.2, 0.25) is 5.78 Å². The summed E-state index contributed by atoms with van der Waals surface area (Å²) >= 11 is 0. The highest BCUT2D eigenvalue weighted by Gasteiger charge is 2.24. The van der Waals surface area contributed by atoms with Crippen molar-refractivity contribution in [3.8, 4) is 17.2 Å². The van der Waals surface area contributed by atoms with Gasteiger partial charge in [0.1, 0.15) is 11.5 Å². The normalized spacial score (nSPS) is 11.5. The van der Waals surface area contributed by atoms with Gasteiger partial charge in [-0.25, -0.2) is 4.79 Å². The van der Waals surface area contributed by atoms with Crippen molar-refractivity contribution < 1.29 is 14.6 Å². The van der Waals surface area contributed by atoms with Gasteiger partial charge in [0.25, 0.3) is 5.56 Å². The van der Waals surface area contributed by atoms with Gasteiger partial charge >= 0.3 is 5.69 Å². The molecule has 0 radical (unpaired) electrons. The number of benzene rings is 1. The number of aromatic nitrogens is 5. The molecule has 0 atom stereocenters. The molecule has 1 N–H and O–H groups in total. The first-order valence-electron chi connectivity index (χ1n) is 9.88. The highest BCUT2D eigenvalue weighted by molar-refractivity contribution is 5.77. The second-order valence-electron chi connectivity index (χ2n) is 7.34. The van der Waals surface area contributed by atoms with Gasteiger partial charge in [-0.1, -0.05) is 0 Å². The molecule has 0 aliphatic heterocycles. The predicted octanol–water partition coefficient (Wildman–Crippen LogP) is 1.16. The minimum Gasteiger partial charge on any atom is -0.497 e. The minimum atomic E-state index is -0.466. The highest BCUT2D eigenvalue weighted by atomic mass is 16.5. The van der Waals surface area contributed by atoms with Crippen molar-refractivity contribution in [2.45, 2.75) is 26.8 Å². The summed E-state index contributed by atoms with van der Waals surface area (Å²) in [5.41, 5.74) is 2.10. The van der Waals surface area contributed by atoms with Crippen molar-refractivity contribution in [2.24, 2.45) is 7.05 Å². The largest absolute Gasteiger partial charge is 0.497 e. The van der Waals surface area contributed by atoms with Crippen molar-refractivity contribution in [1.29, 1.82) is 0 Å². The van der Waals surface area contributed by atoms with Crippen LogP contribution in [0.1, 0.15) is 17.8 Å². The maximum Gasteiger partial charge on any atom is 0.332 e. The van der Waals surface area contributed by atoms with E-state index in [-0.39, 0.29) is 13.2 Å². The first kappa shape index (κ1) is 20.7. The highest BCUT2D eigenvalue weighted by Crippen LogP contribution is 2.32. The number of aryl methyl sites for hydroxylation is 2. The van der Waals surface area contributed by atoms with E-state index in [9.17, 15) is 9.59 Å². The molecule has 0 saturated heterocycles. The number of rotatable bonds is 6. The molecule has 10 heteroatoms. The second kappa shape index (κ2) is 7.62. The van der Waals surface area contributed by atoms with Crippen LogP contribution in [0.3, 0.4) is 0 Å². The molecule has 4 aromatic rings. The van der Waals surface area contributed by atoms with E-state index < -0.39 is 11.2 Å². The summed E-state index contributed by atoms with van der Waals surface area (Å²) in [7, 11) is 4.76. The third kappa shape index (κ3) is 2.94. The van der Waals surface area contributed by atoms with Gasteiger partial charge in [-0.2, -0.15) is 4.98 Å². The van der Waals surface area contributed by atoms with Crippen molar-refractivity contribution in [2.75, 3.05) is 20.8 Å². The van der Waals surface area contributed by atoms with Crippen LogP contribution >= 0.6 is 0 Å². The van der Waals surface area contributed by atoms with Crippen molar-refractivity contribution >= 4 is 16.9 Å². The molecule has 0 fully saturated rings. The number of methoxy groups -OCH3 is 2. The molecule has 0 spiro atoms. The average molecular weight is 427 g/mol. The van der Waals surface area contributed by atoms with Gasteiger partial charge in [0, 0.05) is 37.7 Å². The lowest BCUT2D eigenvalue weighted by molar-refractivity contribution is 0.277. The summed E-state index contributed by atoms with van der Waals surface area (Å²) < 4.78 is 17.1. The molecule has 164 valence electrons. The molecule has 0 saturated carbocycles. The zero-order valence-corrected chi connectivity index (χ0v) is 18.2. The first-order valence-corrected chi connectivity index (χ1v) is 9.88. The maximum atomic E-state index is 13.3. The van der Waals surface area contributed by atoms with E-state index in [1.165, 1.54) is 4.57 Å². The van der Waals surface area contributed by atoms with E-state index in [0.717, 1.165) is 16.0 Å². The Morgan fingerprint density at radius 1 is 1.10 bits per heavy atom. The molecule has 0 aliphatic carbocycles. The quantitative estimate of drug-likeness (QED) is 0.495. The summed E-state index contributed by atoms with van der Waals surface area (Å²) in [6, 6.07) is 5.44. The van der Waals surface area contributed by atoms with Gasteiger partial charge < -0.3 is 14.6 Å². The zero-order chi connectivity index (χ0) is 22.4. The van der Waals surface area contributed by atoms with E-state index >= 15 is 0 Å². The fourth-order valence-corrected chi connectivity index (χ4v) is 3.94. The predicted molar refractivity (Wildman–Crippen MR) is 116 cm³/mol. The average Bonchev–Trinajstić information content (AvgIpc) is 3.27. The van der Waals surface area contributed by atoms with E-state index in [1.54, 1.807) is 37.8 Å². The Morgan fingerprint density at radius 2 is 1.84 bits per heavy atom. The summed E-state index contributed by atoms with van der Waals surface area (Å²) in [5.74, 6) is 1.75. The molecule has 0 amide bonds. The van der Waals surface area contributed by atoms with E-state index in [4.69, 9.17) is 14.6 Å². The van der Waals surface area contributed by atoms with Gasteiger partial charge in [0.05, 0.1) is 19.9 Å². The molecular weight excluding hydrogens is 402 g/mol. The molecule has 0 bridgehead atoms. The van der Waals surface area contributed by atoms with Crippen LogP contribution in [-0.2, 0) is 13.6 Å². The zero-order valence-electron chi connectivity index (χ0n) is 18.2. The first-order chi connectivity index (χ1) is 14.8. The Kier molecular flexibility index (Phi) is 5.10. The second-order valence-corrected chi connectivity index (χ2v) is 7.34. The third-order valence-corrected chi connectivity index (χ3v) is 5.69. The Hall–Kier alpha value is -3.53. The molecule has 0 aliphatic rings. The molecule has 3 heterocycles. The van der Waals surface area contributed by atoms with Crippen LogP contribution in [0, 0.1) is 13.8 Å². The van der Waals surface area contributed by atoms with Crippen LogP contribution in [0.25, 0.3) is 22.6 Å². The summed E-state index contributed by atoms with van der Waals surface area (Å²) in [6.45, 7) is 3.85. The smallest absolute Gasteiger partial charge is 0.332 e. The standard InChI is InChI=1S/C21H25N5O5/c1-12-13(2)26-17-18(23(3)21(29)24(19(17)28)9-6-10-27)22-20(26)25(12)15-11-14(30-4)7-8-16(15)31-5/h7-8,11,27H,6,9-10H2,1-5H3. The van der Waals surface area contributed by atoms with Gasteiger partial charge in [0.15, 0.2) is 11.2 Å². The molecule has 31 heavy (non-hydrogen) atoms. The van der Waals surface area contributed by atoms with Crippen LogP contribution in [0.15, 0.2) is 27.8 Å². The number of aliphatic hydroxyl groups excluding tert-OH is 1. The van der Waals surface area contributed by atoms with Crippen LogP contribution < -0.4 is 20.7 Å². The topological polar surface area (TPSA) is 105 Å². The fraction of sp³-hybridized carbons (Fsp3) is 0.381. The molecule has 1 aromatic carbocycles. The Balaban J connectivity index is 2.15. The lowest BCUT2D eigenvalue weighted by Gasteiger charge is -2.13. The Morgan fingerprint density at radius 3 is 2.48 bits per heavy atom. The van der Waals surface area contributed by atoms with Crippen molar-refractivity contribution in [3.05, 3.63) is 50.4 Å². The Bertz CT molecular complexity index is 1420. The van der Waals surface area contributed by atoms with Crippen LogP contribution in [0.2, 0.25) is 0 Å². The number of nitrogens with zero attached hydrogens (tertiary/aromatic N) is 5. The van der Waals surface area contributed by atoms with Crippen LogP contribution in [0.4, 0.5) is 0 Å².